The summed E-state index contributed by atoms with van der Waals surface area (Å²) in [7, 11) is 0. The number of hydrogen-bond acceptors (Lipinski definition) is 4. The Bertz CT molecular complexity index is 443. The number of carbonyl (C=O) groups excluding carboxylic acids is 1. The van der Waals surface area contributed by atoms with Crippen LogP contribution in [-0.2, 0) is 0 Å². The molecule has 4 N–H and O–H groups in total. The molecule has 110 valence electrons. The summed E-state index contributed by atoms with van der Waals surface area (Å²) >= 11 is 0. The molecule has 0 atom stereocenters. The standard InChI is InChI=1S/C14H21N3O3/c1-2-3-10-20-12-6-4-11(5-7-12)14(18)16-9-8-13(15)17-19/h4-7,19H,2-3,8-10H2,1H3,(H2,15,17)(H,16,18). The molecule has 0 spiro atoms. The summed E-state index contributed by atoms with van der Waals surface area (Å²) in [5.41, 5.74) is 5.86. The number of carbonyl (C=O) groups is 1. The Hall–Kier alpha value is -2.24. The zero-order valence-corrected chi connectivity index (χ0v) is 11.6. The molecule has 6 nitrogen and oxygen atoms in total. The maximum Gasteiger partial charge on any atom is 0.251 e. The number of amides is 1. The minimum Gasteiger partial charge on any atom is -0.494 e. The average molecular weight is 279 g/mol. The fourth-order valence-electron chi connectivity index (χ4n) is 1.49. The Morgan fingerprint density at radius 1 is 1.40 bits per heavy atom. The van der Waals surface area contributed by atoms with E-state index in [0.717, 1.165) is 18.6 Å². The van der Waals surface area contributed by atoms with Crippen molar-refractivity contribution in [2.75, 3.05) is 13.2 Å². The van der Waals surface area contributed by atoms with Gasteiger partial charge in [0.25, 0.3) is 5.91 Å². The maximum absolute atomic E-state index is 11.8. The third kappa shape index (κ3) is 5.60. The van der Waals surface area contributed by atoms with Crippen LogP contribution in [0, 0.1) is 0 Å². The predicted molar refractivity (Wildman–Crippen MR) is 77.2 cm³/mol. The van der Waals surface area contributed by atoms with Crippen molar-refractivity contribution in [3.8, 4) is 5.75 Å². The van der Waals surface area contributed by atoms with Crippen molar-refractivity contribution in [3.05, 3.63) is 29.8 Å². The van der Waals surface area contributed by atoms with Crippen molar-refractivity contribution >= 4 is 11.7 Å². The molecule has 0 saturated carbocycles. The minimum absolute atomic E-state index is 0.0879. The SMILES string of the molecule is CCCCOc1ccc(C(=O)NCCC(N)=NO)cc1. The number of nitrogens with two attached hydrogens (primary N) is 1. The lowest BCUT2D eigenvalue weighted by Crippen LogP contribution is -2.27. The highest BCUT2D eigenvalue weighted by atomic mass is 16.5. The van der Waals surface area contributed by atoms with E-state index in [-0.39, 0.29) is 11.7 Å². The van der Waals surface area contributed by atoms with Crippen molar-refractivity contribution in [1.29, 1.82) is 0 Å². The lowest BCUT2D eigenvalue weighted by atomic mass is 10.2. The van der Waals surface area contributed by atoms with Gasteiger partial charge in [-0.05, 0) is 30.7 Å². The van der Waals surface area contributed by atoms with Crippen LogP contribution in [0.4, 0.5) is 0 Å². The zero-order chi connectivity index (χ0) is 14.8. The lowest BCUT2D eigenvalue weighted by Gasteiger charge is -2.07. The van der Waals surface area contributed by atoms with E-state index < -0.39 is 0 Å². The molecule has 0 heterocycles. The topological polar surface area (TPSA) is 96.9 Å². The fourth-order valence-corrected chi connectivity index (χ4v) is 1.49. The van der Waals surface area contributed by atoms with Gasteiger partial charge in [-0.2, -0.15) is 0 Å². The van der Waals surface area contributed by atoms with Gasteiger partial charge in [0.2, 0.25) is 0 Å². The number of rotatable bonds is 8. The van der Waals surface area contributed by atoms with Gasteiger partial charge in [0.1, 0.15) is 11.6 Å². The predicted octanol–water partition coefficient (Wildman–Crippen LogP) is 1.73. The number of oxime groups is 1. The summed E-state index contributed by atoms with van der Waals surface area (Å²) in [6.07, 6.45) is 2.40. The molecule has 0 bridgehead atoms. The molecule has 0 unspecified atom stereocenters. The molecule has 0 radical (unpaired) electrons. The third-order valence-corrected chi connectivity index (χ3v) is 2.68. The lowest BCUT2D eigenvalue weighted by molar-refractivity contribution is 0.0954. The second kappa shape index (κ2) is 8.79. The van der Waals surface area contributed by atoms with E-state index in [0.29, 0.717) is 25.1 Å². The molecule has 0 aliphatic carbocycles. The van der Waals surface area contributed by atoms with Crippen molar-refractivity contribution in [2.24, 2.45) is 10.9 Å². The minimum atomic E-state index is -0.198. The van der Waals surface area contributed by atoms with Crippen LogP contribution >= 0.6 is 0 Å². The van der Waals surface area contributed by atoms with Gasteiger partial charge < -0.3 is 21.0 Å². The number of nitrogens with zero attached hydrogens (tertiary/aromatic N) is 1. The molecule has 0 aromatic heterocycles. The molecule has 0 aliphatic heterocycles. The van der Waals surface area contributed by atoms with Gasteiger partial charge in [-0.25, -0.2) is 0 Å². The molecule has 0 aliphatic rings. The molecule has 1 rings (SSSR count). The van der Waals surface area contributed by atoms with Gasteiger partial charge in [0, 0.05) is 18.5 Å². The first-order valence-corrected chi connectivity index (χ1v) is 6.64. The van der Waals surface area contributed by atoms with Crippen LogP contribution in [0.3, 0.4) is 0 Å². The number of ether oxygens (including phenoxy) is 1. The molecule has 1 amide bonds. The summed E-state index contributed by atoms with van der Waals surface area (Å²) in [5.74, 6) is 0.646. The van der Waals surface area contributed by atoms with Crippen LogP contribution in [0.2, 0.25) is 0 Å². The number of amidine groups is 1. The molecule has 6 heteroatoms. The first-order chi connectivity index (χ1) is 9.67. The summed E-state index contributed by atoms with van der Waals surface area (Å²) in [5, 5.41) is 13.9. The molecule has 20 heavy (non-hydrogen) atoms. The summed E-state index contributed by atoms with van der Waals surface area (Å²) in [4.78, 5) is 11.8. The second-order valence-electron chi connectivity index (χ2n) is 4.32. The summed E-state index contributed by atoms with van der Waals surface area (Å²) < 4.78 is 5.52. The van der Waals surface area contributed by atoms with E-state index in [1.165, 1.54) is 0 Å². The van der Waals surface area contributed by atoms with Gasteiger partial charge in [0.15, 0.2) is 0 Å². The number of hydrogen-bond donors (Lipinski definition) is 3. The Kier molecular flexibility index (Phi) is 6.95. The van der Waals surface area contributed by atoms with Gasteiger partial charge in [-0.1, -0.05) is 18.5 Å². The van der Waals surface area contributed by atoms with E-state index in [1.54, 1.807) is 24.3 Å². The van der Waals surface area contributed by atoms with Crippen LogP contribution in [-0.4, -0.2) is 30.1 Å². The van der Waals surface area contributed by atoms with Crippen molar-refractivity contribution in [3.63, 3.8) is 0 Å². The molecular weight excluding hydrogens is 258 g/mol. The van der Waals surface area contributed by atoms with Gasteiger partial charge in [0.05, 0.1) is 6.61 Å². The Morgan fingerprint density at radius 2 is 2.10 bits per heavy atom. The molecule has 1 aromatic rings. The highest BCUT2D eigenvalue weighted by Crippen LogP contribution is 2.12. The van der Waals surface area contributed by atoms with Gasteiger partial charge in [-0.15, -0.1) is 0 Å². The highest BCUT2D eigenvalue weighted by molar-refractivity contribution is 5.94. The van der Waals surface area contributed by atoms with Crippen LogP contribution in [0.1, 0.15) is 36.5 Å². The highest BCUT2D eigenvalue weighted by Gasteiger charge is 2.05. The van der Waals surface area contributed by atoms with Crippen molar-refractivity contribution in [1.82, 2.24) is 5.32 Å². The monoisotopic (exact) mass is 279 g/mol. The number of benzene rings is 1. The van der Waals surface area contributed by atoms with Crippen LogP contribution in [0.15, 0.2) is 29.4 Å². The van der Waals surface area contributed by atoms with Crippen LogP contribution in [0.5, 0.6) is 5.75 Å². The van der Waals surface area contributed by atoms with E-state index in [1.807, 2.05) is 0 Å². The van der Waals surface area contributed by atoms with Crippen molar-refractivity contribution in [2.45, 2.75) is 26.2 Å². The number of unbranched alkanes of at least 4 members (excludes halogenated alkanes) is 1. The maximum atomic E-state index is 11.8. The Morgan fingerprint density at radius 3 is 2.70 bits per heavy atom. The van der Waals surface area contributed by atoms with Gasteiger partial charge >= 0.3 is 0 Å². The summed E-state index contributed by atoms with van der Waals surface area (Å²) in [6, 6.07) is 6.96. The average Bonchev–Trinajstić information content (AvgIpc) is 2.48. The Balaban J connectivity index is 2.41. The molecule has 0 fully saturated rings. The normalized spacial score (nSPS) is 11.2. The first-order valence-electron chi connectivity index (χ1n) is 6.64. The Labute approximate surface area is 118 Å². The third-order valence-electron chi connectivity index (χ3n) is 2.68. The second-order valence-corrected chi connectivity index (χ2v) is 4.32. The van der Waals surface area contributed by atoms with Gasteiger partial charge in [-0.3, -0.25) is 4.79 Å². The molecular formula is C14H21N3O3. The first kappa shape index (κ1) is 15.8. The fraction of sp³-hybridized carbons (Fsp3) is 0.429. The molecule has 1 aromatic carbocycles. The van der Waals surface area contributed by atoms with Crippen LogP contribution in [0.25, 0.3) is 0 Å². The van der Waals surface area contributed by atoms with Crippen LogP contribution < -0.4 is 15.8 Å². The zero-order valence-electron chi connectivity index (χ0n) is 11.6. The molecule has 0 saturated heterocycles. The summed E-state index contributed by atoms with van der Waals surface area (Å²) in [6.45, 7) is 3.11. The van der Waals surface area contributed by atoms with Crippen molar-refractivity contribution < 1.29 is 14.7 Å². The largest absolute Gasteiger partial charge is 0.494 e. The van der Waals surface area contributed by atoms with E-state index in [2.05, 4.69) is 17.4 Å². The quantitative estimate of drug-likeness (QED) is 0.222. The smallest absolute Gasteiger partial charge is 0.251 e. The van der Waals surface area contributed by atoms with E-state index >= 15 is 0 Å². The number of nitrogens with one attached hydrogen (secondary N) is 1. The van der Waals surface area contributed by atoms with E-state index in [9.17, 15) is 4.79 Å². The van der Waals surface area contributed by atoms with E-state index in [4.69, 9.17) is 15.7 Å².